The number of rotatable bonds is 5. The molecule has 0 spiro atoms. The molecule has 0 bridgehead atoms. The Labute approximate surface area is 124 Å². The van der Waals surface area contributed by atoms with Crippen molar-refractivity contribution in [1.82, 2.24) is 0 Å². The van der Waals surface area contributed by atoms with Crippen LogP contribution in [0.2, 0.25) is 0 Å². The standard InChI is InChI=1S/C15H22N2O4/c1-11-4-5-14(17(18)19)15(8-11)20-7-6-16-9-12(2)21-13(3)10-16/h4-5,8,12-13H,6-7,9-10H2,1-3H3/p+1/t12-,13-/m1/s1. The summed E-state index contributed by atoms with van der Waals surface area (Å²) in [5.74, 6) is 0.355. The third-order valence-corrected chi connectivity index (χ3v) is 3.64. The maximum atomic E-state index is 11.0. The monoisotopic (exact) mass is 295 g/mol. The quantitative estimate of drug-likeness (QED) is 0.649. The molecule has 1 aliphatic rings. The lowest BCUT2D eigenvalue weighted by molar-refractivity contribution is -0.915. The van der Waals surface area contributed by atoms with Gasteiger partial charge in [0.2, 0.25) is 0 Å². The van der Waals surface area contributed by atoms with Crippen LogP contribution in [-0.2, 0) is 4.74 Å². The van der Waals surface area contributed by atoms with Crippen LogP contribution in [0, 0.1) is 17.0 Å². The van der Waals surface area contributed by atoms with Gasteiger partial charge in [-0.05, 0) is 32.4 Å². The molecule has 0 aliphatic carbocycles. The number of morpholine rings is 1. The number of ether oxygens (including phenoxy) is 2. The van der Waals surface area contributed by atoms with Crippen LogP contribution in [-0.4, -0.2) is 43.4 Å². The van der Waals surface area contributed by atoms with Crippen LogP contribution in [0.5, 0.6) is 5.75 Å². The Morgan fingerprint density at radius 3 is 2.67 bits per heavy atom. The molecule has 116 valence electrons. The Kier molecular flexibility index (Phi) is 5.14. The molecule has 2 rings (SSSR count). The predicted molar refractivity (Wildman–Crippen MR) is 78.9 cm³/mol. The molecule has 0 aromatic heterocycles. The van der Waals surface area contributed by atoms with Gasteiger partial charge < -0.3 is 14.4 Å². The van der Waals surface area contributed by atoms with Crippen LogP contribution < -0.4 is 9.64 Å². The molecule has 6 nitrogen and oxygen atoms in total. The molecule has 1 heterocycles. The van der Waals surface area contributed by atoms with Crippen molar-refractivity contribution in [3.8, 4) is 5.75 Å². The van der Waals surface area contributed by atoms with Crippen molar-refractivity contribution in [2.45, 2.75) is 33.0 Å². The summed E-state index contributed by atoms with van der Waals surface area (Å²) in [7, 11) is 0. The zero-order valence-electron chi connectivity index (χ0n) is 12.8. The Bertz CT molecular complexity index is 496. The van der Waals surface area contributed by atoms with Crippen LogP contribution in [0.4, 0.5) is 5.69 Å². The van der Waals surface area contributed by atoms with Crippen molar-refractivity contribution in [1.29, 1.82) is 0 Å². The van der Waals surface area contributed by atoms with Gasteiger partial charge in [0, 0.05) is 6.07 Å². The van der Waals surface area contributed by atoms with E-state index < -0.39 is 4.92 Å². The lowest BCUT2D eigenvalue weighted by atomic mass is 10.2. The van der Waals surface area contributed by atoms with E-state index in [1.54, 1.807) is 12.1 Å². The number of quaternary nitrogens is 1. The van der Waals surface area contributed by atoms with Crippen molar-refractivity contribution in [3.63, 3.8) is 0 Å². The molecule has 1 aromatic rings. The number of benzene rings is 1. The molecular formula is C15H23N2O4+. The Morgan fingerprint density at radius 1 is 1.38 bits per heavy atom. The second-order valence-corrected chi connectivity index (χ2v) is 5.74. The highest BCUT2D eigenvalue weighted by Gasteiger charge is 2.25. The van der Waals surface area contributed by atoms with Gasteiger partial charge in [0.05, 0.1) is 4.92 Å². The molecule has 1 aromatic carbocycles. The zero-order chi connectivity index (χ0) is 15.4. The van der Waals surface area contributed by atoms with E-state index in [0.717, 1.165) is 25.2 Å². The highest BCUT2D eigenvalue weighted by Crippen LogP contribution is 2.27. The Balaban J connectivity index is 1.91. The second kappa shape index (κ2) is 6.87. The third-order valence-electron chi connectivity index (χ3n) is 3.64. The van der Waals surface area contributed by atoms with Crippen LogP contribution in [0.3, 0.4) is 0 Å². The molecule has 6 heteroatoms. The highest BCUT2D eigenvalue weighted by molar-refractivity contribution is 5.48. The fourth-order valence-corrected chi connectivity index (χ4v) is 2.79. The highest BCUT2D eigenvalue weighted by atomic mass is 16.6. The normalized spacial score (nSPS) is 25.6. The molecule has 0 saturated carbocycles. The van der Waals surface area contributed by atoms with Gasteiger partial charge in [0.15, 0.2) is 5.75 Å². The Hall–Kier alpha value is -1.66. The number of hydrogen-bond acceptors (Lipinski definition) is 4. The van der Waals surface area contributed by atoms with Gasteiger partial charge in [-0.1, -0.05) is 6.07 Å². The maximum Gasteiger partial charge on any atom is 0.310 e. The van der Waals surface area contributed by atoms with Crippen molar-refractivity contribution >= 4 is 5.69 Å². The summed E-state index contributed by atoms with van der Waals surface area (Å²) >= 11 is 0. The molecule has 1 fully saturated rings. The minimum Gasteiger partial charge on any atom is -0.481 e. The summed E-state index contributed by atoms with van der Waals surface area (Å²) < 4.78 is 11.3. The van der Waals surface area contributed by atoms with Gasteiger partial charge in [-0.15, -0.1) is 0 Å². The number of nitrogens with zero attached hydrogens (tertiary/aromatic N) is 1. The van der Waals surface area contributed by atoms with Crippen LogP contribution in [0.15, 0.2) is 18.2 Å². The van der Waals surface area contributed by atoms with E-state index in [0.29, 0.717) is 12.4 Å². The SMILES string of the molecule is Cc1ccc([N+](=O)[O-])c(OCC[NH+]2C[C@@H](C)O[C@H](C)C2)c1. The molecule has 2 atom stereocenters. The van der Waals surface area contributed by atoms with Gasteiger partial charge in [0.25, 0.3) is 0 Å². The molecule has 21 heavy (non-hydrogen) atoms. The van der Waals surface area contributed by atoms with E-state index in [-0.39, 0.29) is 17.9 Å². The first-order valence-corrected chi connectivity index (χ1v) is 7.32. The minimum absolute atomic E-state index is 0.0271. The average Bonchev–Trinajstić information content (AvgIpc) is 2.37. The van der Waals surface area contributed by atoms with Gasteiger partial charge in [-0.3, -0.25) is 10.1 Å². The summed E-state index contributed by atoms with van der Waals surface area (Å²) in [5, 5.41) is 11.0. The maximum absolute atomic E-state index is 11.0. The largest absolute Gasteiger partial charge is 0.481 e. The first-order chi connectivity index (χ1) is 9.95. The first kappa shape index (κ1) is 15.7. The smallest absolute Gasteiger partial charge is 0.310 e. The van der Waals surface area contributed by atoms with E-state index in [1.807, 2.05) is 6.92 Å². The van der Waals surface area contributed by atoms with E-state index in [1.165, 1.54) is 11.0 Å². The van der Waals surface area contributed by atoms with Gasteiger partial charge in [-0.2, -0.15) is 0 Å². The summed E-state index contributed by atoms with van der Waals surface area (Å²) in [6, 6.07) is 4.94. The molecule has 1 N–H and O–H groups in total. The van der Waals surface area contributed by atoms with E-state index in [4.69, 9.17) is 9.47 Å². The molecule has 0 amide bonds. The fraction of sp³-hybridized carbons (Fsp3) is 0.600. The summed E-state index contributed by atoms with van der Waals surface area (Å²) in [4.78, 5) is 12.0. The second-order valence-electron chi connectivity index (χ2n) is 5.74. The van der Waals surface area contributed by atoms with Crippen LogP contribution in [0.1, 0.15) is 19.4 Å². The van der Waals surface area contributed by atoms with Crippen molar-refractivity contribution in [3.05, 3.63) is 33.9 Å². The van der Waals surface area contributed by atoms with E-state index in [2.05, 4.69) is 13.8 Å². The summed E-state index contributed by atoms with van der Waals surface area (Å²) in [6.07, 6.45) is 0.495. The molecule has 0 radical (unpaired) electrons. The number of nitro groups is 1. The number of hydrogen-bond donors (Lipinski definition) is 1. The molecule has 1 saturated heterocycles. The number of nitrogens with one attached hydrogen (secondary N) is 1. The summed E-state index contributed by atoms with van der Waals surface area (Å²) in [5.41, 5.74) is 0.982. The average molecular weight is 295 g/mol. The van der Waals surface area contributed by atoms with Crippen molar-refractivity contribution < 1.29 is 19.3 Å². The third kappa shape index (κ3) is 4.41. The first-order valence-electron chi connectivity index (χ1n) is 7.32. The molecule has 1 aliphatic heterocycles. The molecular weight excluding hydrogens is 272 g/mol. The van der Waals surface area contributed by atoms with Gasteiger partial charge >= 0.3 is 5.69 Å². The van der Waals surface area contributed by atoms with Gasteiger partial charge in [0.1, 0.15) is 38.4 Å². The zero-order valence-corrected chi connectivity index (χ0v) is 12.8. The van der Waals surface area contributed by atoms with E-state index in [9.17, 15) is 10.1 Å². The topological polar surface area (TPSA) is 66.0 Å². The van der Waals surface area contributed by atoms with Crippen molar-refractivity contribution in [2.24, 2.45) is 0 Å². The molecule has 0 unspecified atom stereocenters. The minimum atomic E-state index is -0.402. The fourth-order valence-electron chi connectivity index (χ4n) is 2.79. The Morgan fingerprint density at radius 2 is 2.05 bits per heavy atom. The van der Waals surface area contributed by atoms with Gasteiger partial charge in [-0.25, -0.2) is 0 Å². The van der Waals surface area contributed by atoms with Crippen LogP contribution in [0.25, 0.3) is 0 Å². The lowest BCUT2D eigenvalue weighted by Crippen LogP contribution is -3.16. The van der Waals surface area contributed by atoms with Crippen molar-refractivity contribution in [2.75, 3.05) is 26.2 Å². The van der Waals surface area contributed by atoms with Crippen LogP contribution >= 0.6 is 0 Å². The predicted octanol–water partition coefficient (Wildman–Crippen LogP) is 0.974. The number of aryl methyl sites for hydroxylation is 1. The van der Waals surface area contributed by atoms with E-state index >= 15 is 0 Å². The number of nitro benzene ring substituents is 1. The summed E-state index contributed by atoms with van der Waals surface area (Å²) in [6.45, 7) is 9.23. The lowest BCUT2D eigenvalue weighted by Gasteiger charge is -2.32.